The van der Waals surface area contributed by atoms with E-state index in [2.05, 4.69) is 41.5 Å². The molecule has 0 bridgehead atoms. The Morgan fingerprint density at radius 2 is 1.59 bits per heavy atom. The van der Waals surface area contributed by atoms with E-state index in [0.717, 1.165) is 45.9 Å². The van der Waals surface area contributed by atoms with Crippen LogP contribution in [0, 0.1) is 20.8 Å². The zero-order valence-electron chi connectivity index (χ0n) is 19.3. The third-order valence-electron chi connectivity index (χ3n) is 5.99. The predicted octanol–water partition coefficient (Wildman–Crippen LogP) is 5.20. The van der Waals surface area contributed by atoms with Crippen LogP contribution >= 0.6 is 11.3 Å². The van der Waals surface area contributed by atoms with Crippen molar-refractivity contribution in [2.45, 2.75) is 45.4 Å². The molecule has 3 aromatic rings. The summed E-state index contributed by atoms with van der Waals surface area (Å²) in [7, 11) is -3.50. The molecular weight excluding hydrogens is 438 g/mol. The van der Waals surface area contributed by atoms with Crippen molar-refractivity contribution >= 4 is 26.5 Å². The summed E-state index contributed by atoms with van der Waals surface area (Å²) in [6, 6.07) is 12.5. The molecule has 1 saturated heterocycles. The number of rotatable bonds is 6. The normalized spacial score (nSPS) is 15.3. The Balaban J connectivity index is 1.45. The van der Waals surface area contributed by atoms with Gasteiger partial charge in [0.05, 0.1) is 10.6 Å². The van der Waals surface area contributed by atoms with Crippen LogP contribution in [0.3, 0.4) is 0 Å². The minimum absolute atomic E-state index is 0.458. The zero-order chi connectivity index (χ0) is 22.9. The maximum Gasteiger partial charge on any atom is 0.243 e. The molecule has 0 N–H and O–H groups in total. The van der Waals surface area contributed by atoms with Crippen molar-refractivity contribution in [2.24, 2.45) is 0 Å². The van der Waals surface area contributed by atoms with Crippen LogP contribution in [0.2, 0.25) is 0 Å². The molecule has 0 aliphatic carbocycles. The summed E-state index contributed by atoms with van der Waals surface area (Å²) in [4.78, 5) is 7.49. The Kier molecular flexibility index (Phi) is 6.70. The highest BCUT2D eigenvalue weighted by Gasteiger charge is 2.31. The molecule has 0 unspecified atom stereocenters. The molecule has 1 aliphatic rings. The van der Waals surface area contributed by atoms with Crippen LogP contribution in [0.5, 0.6) is 0 Å². The number of sulfonamides is 1. The first kappa shape index (κ1) is 23.0. The van der Waals surface area contributed by atoms with E-state index in [4.69, 9.17) is 4.98 Å². The highest BCUT2D eigenvalue weighted by Crippen LogP contribution is 2.30. The first-order valence-electron chi connectivity index (χ1n) is 11.2. The minimum atomic E-state index is -3.50. The number of thiazole rings is 1. The predicted molar refractivity (Wildman–Crippen MR) is 133 cm³/mol. The van der Waals surface area contributed by atoms with Crippen molar-refractivity contribution in [1.29, 1.82) is 0 Å². The van der Waals surface area contributed by atoms with Gasteiger partial charge in [0.1, 0.15) is 0 Å². The molecule has 5 nitrogen and oxygen atoms in total. The molecule has 0 atom stereocenters. The van der Waals surface area contributed by atoms with Gasteiger partial charge in [-0.25, -0.2) is 13.4 Å². The third-order valence-corrected chi connectivity index (χ3v) is 9.10. The van der Waals surface area contributed by atoms with Crippen molar-refractivity contribution in [1.82, 2.24) is 9.29 Å². The van der Waals surface area contributed by atoms with Gasteiger partial charge in [-0.2, -0.15) is 4.31 Å². The van der Waals surface area contributed by atoms with Crippen LogP contribution in [-0.2, 0) is 16.4 Å². The number of hydrogen-bond acceptors (Lipinski definition) is 5. The fraction of sp³-hybridized carbons (Fsp3) is 0.400. The molecule has 0 amide bonds. The molecular formula is C25H31N3O2S2. The third kappa shape index (κ3) is 4.60. The Bertz CT molecular complexity index is 1170. The summed E-state index contributed by atoms with van der Waals surface area (Å²) in [6.45, 7) is 10.2. The SMILES string of the molecule is CCCc1ccc(-c2csc(N3CCN(S(=O)(=O)c4c(C)cc(C)cc4C)CC3)n2)cc1. The monoisotopic (exact) mass is 469 g/mol. The molecule has 1 aromatic heterocycles. The molecule has 7 heteroatoms. The summed E-state index contributed by atoms with van der Waals surface area (Å²) in [5, 5.41) is 3.05. The number of aromatic nitrogens is 1. The van der Waals surface area contributed by atoms with Gasteiger partial charge in [0, 0.05) is 37.1 Å². The van der Waals surface area contributed by atoms with Crippen LogP contribution in [0.15, 0.2) is 46.7 Å². The summed E-state index contributed by atoms with van der Waals surface area (Å²) in [6.07, 6.45) is 2.24. The van der Waals surface area contributed by atoms with Gasteiger partial charge in [0.25, 0.3) is 0 Å². The molecule has 170 valence electrons. The molecule has 2 aromatic carbocycles. The molecule has 0 radical (unpaired) electrons. The Hall–Kier alpha value is -2.22. The number of aryl methyl sites for hydroxylation is 4. The van der Waals surface area contributed by atoms with Crippen molar-refractivity contribution in [3.05, 3.63) is 64.0 Å². The average Bonchev–Trinajstić information content (AvgIpc) is 3.24. The second kappa shape index (κ2) is 9.33. The number of anilines is 1. The smallest absolute Gasteiger partial charge is 0.243 e. The zero-order valence-corrected chi connectivity index (χ0v) is 20.9. The molecule has 32 heavy (non-hydrogen) atoms. The number of hydrogen-bond donors (Lipinski definition) is 0. The van der Waals surface area contributed by atoms with Crippen molar-refractivity contribution in [2.75, 3.05) is 31.1 Å². The van der Waals surface area contributed by atoms with Gasteiger partial charge in [-0.15, -0.1) is 11.3 Å². The van der Waals surface area contributed by atoms with Gasteiger partial charge in [0.2, 0.25) is 10.0 Å². The Labute approximate surface area is 195 Å². The topological polar surface area (TPSA) is 53.5 Å². The Morgan fingerprint density at radius 1 is 0.969 bits per heavy atom. The summed E-state index contributed by atoms with van der Waals surface area (Å²) >= 11 is 1.62. The number of benzene rings is 2. The number of piperazine rings is 1. The lowest BCUT2D eigenvalue weighted by Gasteiger charge is -2.34. The summed E-state index contributed by atoms with van der Waals surface area (Å²) in [5.41, 5.74) is 6.18. The van der Waals surface area contributed by atoms with Crippen LogP contribution in [0.25, 0.3) is 11.3 Å². The van der Waals surface area contributed by atoms with Gasteiger partial charge in [0.15, 0.2) is 5.13 Å². The molecule has 1 aliphatic heterocycles. The fourth-order valence-electron chi connectivity index (χ4n) is 4.50. The Morgan fingerprint density at radius 3 is 2.19 bits per heavy atom. The first-order valence-corrected chi connectivity index (χ1v) is 13.5. The van der Waals surface area contributed by atoms with E-state index in [1.165, 1.54) is 5.56 Å². The molecule has 4 rings (SSSR count). The lowest BCUT2D eigenvalue weighted by Crippen LogP contribution is -2.48. The second-order valence-corrected chi connectivity index (χ2v) is 11.3. The maximum atomic E-state index is 13.3. The van der Waals surface area contributed by atoms with Gasteiger partial charge in [-0.3, -0.25) is 0 Å². The van der Waals surface area contributed by atoms with Gasteiger partial charge >= 0.3 is 0 Å². The lowest BCUT2D eigenvalue weighted by atomic mass is 10.1. The van der Waals surface area contributed by atoms with Crippen LogP contribution in [-0.4, -0.2) is 43.9 Å². The quantitative estimate of drug-likeness (QED) is 0.498. The highest BCUT2D eigenvalue weighted by molar-refractivity contribution is 7.89. The lowest BCUT2D eigenvalue weighted by molar-refractivity contribution is 0.384. The summed E-state index contributed by atoms with van der Waals surface area (Å²) in [5.74, 6) is 0. The second-order valence-electron chi connectivity index (χ2n) is 8.58. The van der Waals surface area contributed by atoms with Crippen LogP contribution in [0.4, 0.5) is 5.13 Å². The molecule has 2 heterocycles. The van der Waals surface area contributed by atoms with E-state index >= 15 is 0 Å². The number of nitrogens with zero attached hydrogens (tertiary/aromatic N) is 3. The average molecular weight is 470 g/mol. The van der Waals surface area contributed by atoms with Gasteiger partial charge in [-0.1, -0.05) is 55.3 Å². The highest BCUT2D eigenvalue weighted by atomic mass is 32.2. The van der Waals surface area contributed by atoms with Crippen LogP contribution in [0.1, 0.15) is 35.6 Å². The molecule has 0 saturated carbocycles. The van der Waals surface area contributed by atoms with E-state index in [1.807, 2.05) is 32.9 Å². The molecule has 0 spiro atoms. The van der Waals surface area contributed by atoms with E-state index < -0.39 is 10.0 Å². The van der Waals surface area contributed by atoms with Gasteiger partial charge < -0.3 is 4.90 Å². The minimum Gasteiger partial charge on any atom is -0.345 e. The van der Waals surface area contributed by atoms with Crippen LogP contribution < -0.4 is 4.90 Å². The first-order chi connectivity index (χ1) is 15.3. The van der Waals surface area contributed by atoms with Crippen molar-refractivity contribution in [3.63, 3.8) is 0 Å². The van der Waals surface area contributed by atoms with E-state index in [0.29, 0.717) is 31.1 Å². The fourth-order valence-corrected chi connectivity index (χ4v) is 7.22. The molecule has 1 fully saturated rings. The van der Waals surface area contributed by atoms with Crippen molar-refractivity contribution < 1.29 is 8.42 Å². The van der Waals surface area contributed by atoms with E-state index in [-0.39, 0.29) is 0 Å². The maximum absolute atomic E-state index is 13.3. The van der Waals surface area contributed by atoms with Gasteiger partial charge in [-0.05, 0) is 43.9 Å². The standard InChI is InChI=1S/C25H31N3O2S2/c1-5-6-21-7-9-22(10-8-21)23-17-31-25(26-23)27-11-13-28(14-12-27)32(29,30)24-19(3)15-18(2)16-20(24)4/h7-10,15-17H,5-6,11-14H2,1-4H3. The van der Waals surface area contributed by atoms with E-state index in [1.54, 1.807) is 15.6 Å². The van der Waals surface area contributed by atoms with E-state index in [9.17, 15) is 8.42 Å². The largest absolute Gasteiger partial charge is 0.345 e. The summed E-state index contributed by atoms with van der Waals surface area (Å²) < 4.78 is 28.3. The van der Waals surface area contributed by atoms with Crippen molar-refractivity contribution in [3.8, 4) is 11.3 Å².